The first kappa shape index (κ1) is 20.4. The zero-order valence-electron chi connectivity index (χ0n) is 18.9. The van der Waals surface area contributed by atoms with Gasteiger partial charge in [-0.3, -0.25) is 14.2 Å². The lowest BCUT2D eigenvalue weighted by molar-refractivity contribution is -0.129. The van der Waals surface area contributed by atoms with E-state index in [1.165, 1.54) is 5.69 Å². The van der Waals surface area contributed by atoms with Crippen LogP contribution in [0.4, 0.5) is 15.9 Å². The van der Waals surface area contributed by atoms with E-state index in [1.807, 2.05) is 24.2 Å². The van der Waals surface area contributed by atoms with Crippen molar-refractivity contribution in [1.82, 2.24) is 24.5 Å². The molecule has 0 spiro atoms. The highest BCUT2D eigenvalue weighted by Gasteiger charge is 2.34. The second-order valence-electron chi connectivity index (χ2n) is 9.17. The molecule has 1 amide bonds. The molecule has 1 saturated heterocycles. The molecule has 172 valence electrons. The predicted octanol–water partition coefficient (Wildman–Crippen LogP) is 2.98. The first-order valence-electron chi connectivity index (χ1n) is 11.5. The molecule has 1 fully saturated rings. The van der Waals surface area contributed by atoms with Crippen LogP contribution in [0, 0.1) is 5.82 Å². The van der Waals surface area contributed by atoms with E-state index in [1.54, 1.807) is 23.9 Å². The molecule has 0 aliphatic carbocycles. The summed E-state index contributed by atoms with van der Waals surface area (Å²) < 4.78 is 24.7. The molecule has 0 saturated carbocycles. The summed E-state index contributed by atoms with van der Waals surface area (Å²) in [4.78, 5) is 16.1. The summed E-state index contributed by atoms with van der Waals surface area (Å²) in [7, 11) is 1.83. The Morgan fingerprint density at radius 3 is 2.85 bits per heavy atom. The Balaban J connectivity index is 1.42. The Labute approximate surface area is 191 Å². The minimum atomic E-state index is -0.267. The molecular weight excluding hydrogens is 423 g/mol. The lowest BCUT2D eigenvalue weighted by Crippen LogP contribution is -2.35. The van der Waals surface area contributed by atoms with Crippen LogP contribution in [0.15, 0.2) is 24.5 Å². The van der Waals surface area contributed by atoms with Crippen LogP contribution in [-0.4, -0.2) is 56.7 Å². The summed E-state index contributed by atoms with van der Waals surface area (Å²) in [6.07, 6.45) is 6.04. The van der Waals surface area contributed by atoms with Gasteiger partial charge in [-0.1, -0.05) is 0 Å². The molecular formula is C24H27FN6O2. The predicted molar refractivity (Wildman–Crippen MR) is 121 cm³/mol. The average Bonchev–Trinajstić information content (AvgIpc) is 3.58. The Hall–Kier alpha value is -3.20. The second kappa shape index (κ2) is 7.69. The zero-order valence-corrected chi connectivity index (χ0v) is 18.9. The van der Waals surface area contributed by atoms with Gasteiger partial charge in [-0.2, -0.15) is 10.2 Å². The number of halogens is 1. The Kier molecular flexibility index (Phi) is 4.76. The molecule has 0 bridgehead atoms. The monoisotopic (exact) mass is 450 g/mol. The maximum Gasteiger partial charge on any atom is 0.219 e. The molecule has 9 heteroatoms. The summed E-state index contributed by atoms with van der Waals surface area (Å²) in [5.41, 5.74) is 5.56. The fraction of sp³-hybridized carbons (Fsp3) is 0.458. The van der Waals surface area contributed by atoms with E-state index in [0.29, 0.717) is 25.3 Å². The number of amides is 1. The van der Waals surface area contributed by atoms with Crippen LogP contribution in [0.1, 0.15) is 36.2 Å². The molecule has 0 N–H and O–H groups in total. The minimum absolute atomic E-state index is 0.0672. The maximum absolute atomic E-state index is 15.2. The summed E-state index contributed by atoms with van der Waals surface area (Å²) in [6, 6.07) is 3.78. The van der Waals surface area contributed by atoms with Gasteiger partial charge < -0.3 is 14.5 Å². The van der Waals surface area contributed by atoms with Gasteiger partial charge in [0.1, 0.15) is 5.82 Å². The van der Waals surface area contributed by atoms with Crippen LogP contribution in [0.3, 0.4) is 0 Å². The molecule has 3 aliphatic heterocycles. The van der Waals surface area contributed by atoms with Gasteiger partial charge in [0, 0.05) is 74.4 Å². The van der Waals surface area contributed by atoms with E-state index < -0.39 is 0 Å². The molecule has 3 aliphatic rings. The summed E-state index contributed by atoms with van der Waals surface area (Å²) >= 11 is 0. The number of hydrogen-bond donors (Lipinski definition) is 0. The smallest absolute Gasteiger partial charge is 0.219 e. The number of hydrogen-bond acceptors (Lipinski definition) is 5. The van der Waals surface area contributed by atoms with E-state index in [0.717, 1.165) is 60.6 Å². The highest BCUT2D eigenvalue weighted by Crippen LogP contribution is 2.42. The molecule has 1 aromatic carbocycles. The SMILES string of the molecule is CC(=O)N1CCc2c(c(N3CCc4cc(-c5cnn(C)c5)c(F)cc43)nn2C2CCOC2)C1. The first-order chi connectivity index (χ1) is 16.0. The fourth-order valence-electron chi connectivity index (χ4n) is 5.34. The normalized spacial score (nSPS) is 19.8. The van der Waals surface area contributed by atoms with Gasteiger partial charge in [-0.05, 0) is 30.5 Å². The molecule has 5 heterocycles. The van der Waals surface area contributed by atoms with Crippen molar-refractivity contribution in [3.05, 3.63) is 47.2 Å². The van der Waals surface area contributed by atoms with Gasteiger partial charge >= 0.3 is 0 Å². The molecule has 33 heavy (non-hydrogen) atoms. The Bertz CT molecular complexity index is 1240. The molecule has 8 nitrogen and oxygen atoms in total. The van der Waals surface area contributed by atoms with E-state index in [2.05, 4.69) is 14.7 Å². The quantitative estimate of drug-likeness (QED) is 0.614. The third kappa shape index (κ3) is 3.33. The highest BCUT2D eigenvalue weighted by molar-refractivity contribution is 5.77. The Morgan fingerprint density at radius 1 is 1.24 bits per heavy atom. The van der Waals surface area contributed by atoms with Crippen molar-refractivity contribution >= 4 is 17.4 Å². The number of rotatable bonds is 3. The topological polar surface area (TPSA) is 68.4 Å². The standard InChI is InChI=1S/C24H27FN6O2/c1-15(32)29-6-4-22-20(13-29)24(27-31(22)18-5-8-33-14-18)30-7-3-16-9-19(21(25)10-23(16)30)17-11-26-28(2)12-17/h9-12,18H,3-8,13-14H2,1-2H3. The molecule has 2 aromatic heterocycles. The number of benzene rings is 1. The van der Waals surface area contributed by atoms with E-state index in [9.17, 15) is 4.79 Å². The van der Waals surface area contributed by atoms with Gasteiger partial charge in [0.25, 0.3) is 0 Å². The number of carbonyl (C=O) groups is 1. The third-order valence-corrected chi connectivity index (χ3v) is 7.10. The lowest BCUT2D eigenvalue weighted by Gasteiger charge is -2.28. The van der Waals surface area contributed by atoms with Gasteiger partial charge in [0.05, 0.1) is 25.4 Å². The van der Waals surface area contributed by atoms with E-state index in [4.69, 9.17) is 9.84 Å². The van der Waals surface area contributed by atoms with Crippen LogP contribution in [0.2, 0.25) is 0 Å². The van der Waals surface area contributed by atoms with E-state index in [-0.39, 0.29) is 17.8 Å². The highest BCUT2D eigenvalue weighted by atomic mass is 19.1. The van der Waals surface area contributed by atoms with Gasteiger partial charge in [-0.25, -0.2) is 4.39 Å². The number of nitrogens with zero attached hydrogens (tertiary/aromatic N) is 6. The molecule has 6 rings (SSSR count). The van der Waals surface area contributed by atoms with Crippen molar-refractivity contribution < 1.29 is 13.9 Å². The average molecular weight is 451 g/mol. The van der Waals surface area contributed by atoms with Crippen LogP contribution < -0.4 is 4.90 Å². The fourth-order valence-corrected chi connectivity index (χ4v) is 5.34. The van der Waals surface area contributed by atoms with Crippen LogP contribution >= 0.6 is 0 Å². The first-order valence-corrected chi connectivity index (χ1v) is 11.5. The van der Waals surface area contributed by atoms with Crippen LogP contribution in [-0.2, 0) is 36.0 Å². The lowest BCUT2D eigenvalue weighted by atomic mass is 10.0. The largest absolute Gasteiger partial charge is 0.379 e. The van der Waals surface area contributed by atoms with Crippen molar-refractivity contribution in [1.29, 1.82) is 0 Å². The van der Waals surface area contributed by atoms with Gasteiger partial charge in [0.15, 0.2) is 5.82 Å². The van der Waals surface area contributed by atoms with Crippen LogP contribution in [0.25, 0.3) is 11.1 Å². The van der Waals surface area contributed by atoms with Crippen molar-refractivity contribution in [2.24, 2.45) is 7.05 Å². The number of aryl methyl sites for hydroxylation is 1. The second-order valence-corrected chi connectivity index (χ2v) is 9.17. The van der Waals surface area contributed by atoms with Gasteiger partial charge in [-0.15, -0.1) is 0 Å². The number of anilines is 2. The van der Waals surface area contributed by atoms with Crippen molar-refractivity contribution in [2.75, 3.05) is 31.2 Å². The van der Waals surface area contributed by atoms with E-state index >= 15 is 4.39 Å². The molecule has 0 radical (unpaired) electrons. The number of ether oxygens (including phenoxy) is 1. The van der Waals surface area contributed by atoms with Crippen LogP contribution in [0.5, 0.6) is 0 Å². The zero-order chi connectivity index (χ0) is 22.7. The van der Waals surface area contributed by atoms with Crippen molar-refractivity contribution in [2.45, 2.75) is 38.8 Å². The molecule has 1 unspecified atom stereocenters. The Morgan fingerprint density at radius 2 is 2.12 bits per heavy atom. The molecule has 1 atom stereocenters. The van der Waals surface area contributed by atoms with Crippen molar-refractivity contribution in [3.63, 3.8) is 0 Å². The number of fused-ring (bicyclic) bond motifs is 2. The molecule has 3 aromatic rings. The number of aromatic nitrogens is 4. The van der Waals surface area contributed by atoms with Crippen molar-refractivity contribution in [3.8, 4) is 11.1 Å². The summed E-state index contributed by atoms with van der Waals surface area (Å²) in [5, 5.41) is 9.24. The third-order valence-electron chi connectivity index (χ3n) is 7.10. The maximum atomic E-state index is 15.2. The van der Waals surface area contributed by atoms with Gasteiger partial charge in [0.2, 0.25) is 5.91 Å². The summed E-state index contributed by atoms with van der Waals surface area (Å²) in [6.45, 7) is 4.97. The summed E-state index contributed by atoms with van der Waals surface area (Å²) in [5.74, 6) is 0.643. The minimum Gasteiger partial charge on any atom is -0.379 e. The number of carbonyl (C=O) groups excluding carboxylic acids is 1.